The third-order valence-electron chi connectivity index (χ3n) is 3.74. The number of thiophene rings is 1. The number of thioether (sulfide) groups is 1. The van der Waals surface area contributed by atoms with Gasteiger partial charge in [-0.2, -0.15) is 0 Å². The van der Waals surface area contributed by atoms with Gasteiger partial charge in [0, 0.05) is 28.8 Å². The van der Waals surface area contributed by atoms with Crippen LogP contribution < -0.4 is 5.32 Å². The Balaban J connectivity index is 1.72. The largest absolute Gasteiger partial charge is 0.351 e. The van der Waals surface area contributed by atoms with Crippen LogP contribution in [-0.2, 0) is 5.75 Å². The number of rotatable bonds is 5. The number of aromatic nitrogens is 1. The fraction of sp³-hybridized carbons (Fsp3) is 0.300. The Kier molecular flexibility index (Phi) is 5.45. The van der Waals surface area contributed by atoms with E-state index in [1.165, 1.54) is 22.3 Å². The summed E-state index contributed by atoms with van der Waals surface area (Å²) in [6, 6.07) is 12.3. The number of pyridine rings is 1. The molecule has 3 rings (SSSR count). The minimum Gasteiger partial charge on any atom is -0.351 e. The SMILES string of the molecule is CC(C)(C)CNC(=O)c1sccc1SCc1ccnc2ccccc12. The van der Waals surface area contributed by atoms with Crippen molar-refractivity contribution in [3.63, 3.8) is 0 Å². The number of amides is 1. The van der Waals surface area contributed by atoms with Gasteiger partial charge in [-0.15, -0.1) is 23.1 Å². The molecule has 0 bridgehead atoms. The lowest BCUT2D eigenvalue weighted by Gasteiger charge is -2.18. The molecular formula is C20H22N2OS2. The Morgan fingerprint density at radius 1 is 1.20 bits per heavy atom. The topological polar surface area (TPSA) is 42.0 Å². The number of nitrogens with one attached hydrogen (secondary N) is 1. The maximum Gasteiger partial charge on any atom is 0.262 e. The number of hydrogen-bond acceptors (Lipinski definition) is 4. The normalized spacial score (nSPS) is 11.6. The Morgan fingerprint density at radius 3 is 2.80 bits per heavy atom. The van der Waals surface area contributed by atoms with Gasteiger partial charge in [-0.3, -0.25) is 9.78 Å². The first-order chi connectivity index (χ1) is 11.9. The molecule has 3 nitrogen and oxygen atoms in total. The van der Waals surface area contributed by atoms with Gasteiger partial charge < -0.3 is 5.32 Å². The summed E-state index contributed by atoms with van der Waals surface area (Å²) >= 11 is 3.21. The molecule has 0 aliphatic carbocycles. The molecule has 0 fully saturated rings. The fourth-order valence-corrected chi connectivity index (χ4v) is 4.50. The highest BCUT2D eigenvalue weighted by atomic mass is 32.2. The molecule has 1 amide bonds. The van der Waals surface area contributed by atoms with Crippen LogP contribution >= 0.6 is 23.1 Å². The molecule has 2 aromatic heterocycles. The molecule has 0 aliphatic heterocycles. The van der Waals surface area contributed by atoms with Crippen molar-refractivity contribution in [2.24, 2.45) is 5.41 Å². The molecule has 0 aliphatic rings. The maximum atomic E-state index is 12.5. The van der Waals surface area contributed by atoms with Crippen molar-refractivity contribution < 1.29 is 4.79 Å². The molecule has 2 heterocycles. The second-order valence-corrected chi connectivity index (χ2v) is 9.07. The van der Waals surface area contributed by atoms with Gasteiger partial charge in [0.25, 0.3) is 5.91 Å². The van der Waals surface area contributed by atoms with Crippen molar-refractivity contribution in [2.75, 3.05) is 6.54 Å². The Bertz CT molecular complexity index is 875. The monoisotopic (exact) mass is 370 g/mol. The lowest BCUT2D eigenvalue weighted by molar-refractivity contribution is 0.0941. The van der Waals surface area contributed by atoms with Gasteiger partial charge in [-0.25, -0.2) is 0 Å². The van der Waals surface area contributed by atoms with Gasteiger partial charge in [0.05, 0.1) is 5.52 Å². The van der Waals surface area contributed by atoms with Crippen LogP contribution in [0.25, 0.3) is 10.9 Å². The van der Waals surface area contributed by atoms with E-state index in [2.05, 4.69) is 43.2 Å². The molecule has 0 unspecified atom stereocenters. The van der Waals surface area contributed by atoms with Crippen molar-refractivity contribution in [2.45, 2.75) is 31.4 Å². The van der Waals surface area contributed by atoms with E-state index >= 15 is 0 Å². The standard InChI is InChI=1S/C20H22N2OS2/c1-20(2,3)13-22-19(23)18-17(9-11-24-18)25-12-14-8-10-21-16-7-5-4-6-15(14)16/h4-11H,12-13H2,1-3H3,(H,22,23). The molecule has 0 saturated heterocycles. The van der Waals surface area contributed by atoms with Crippen molar-refractivity contribution in [1.82, 2.24) is 10.3 Å². The number of para-hydroxylation sites is 1. The first-order valence-corrected chi connectivity index (χ1v) is 10.1. The quantitative estimate of drug-likeness (QED) is 0.614. The fourth-order valence-electron chi connectivity index (χ4n) is 2.44. The number of fused-ring (bicyclic) bond motifs is 1. The average molecular weight is 371 g/mol. The Labute approximate surface area is 156 Å². The molecule has 1 aromatic carbocycles. The van der Waals surface area contributed by atoms with Crippen LogP contribution in [0.2, 0.25) is 0 Å². The Hall–Kier alpha value is -1.85. The summed E-state index contributed by atoms with van der Waals surface area (Å²) < 4.78 is 0. The van der Waals surface area contributed by atoms with E-state index < -0.39 is 0 Å². The van der Waals surface area contributed by atoms with E-state index in [0.29, 0.717) is 6.54 Å². The number of hydrogen-bond donors (Lipinski definition) is 1. The number of carbonyl (C=O) groups is 1. The van der Waals surface area contributed by atoms with E-state index in [1.807, 2.05) is 35.8 Å². The smallest absolute Gasteiger partial charge is 0.262 e. The minimum atomic E-state index is 0.0204. The zero-order valence-corrected chi connectivity index (χ0v) is 16.3. The van der Waals surface area contributed by atoms with Crippen molar-refractivity contribution in [3.8, 4) is 0 Å². The van der Waals surface area contributed by atoms with E-state index in [0.717, 1.165) is 21.0 Å². The lowest BCUT2D eigenvalue weighted by atomic mass is 9.97. The summed E-state index contributed by atoms with van der Waals surface area (Å²) in [5, 5.41) is 6.20. The van der Waals surface area contributed by atoms with Crippen molar-refractivity contribution >= 4 is 39.9 Å². The highest BCUT2D eigenvalue weighted by molar-refractivity contribution is 7.98. The molecule has 3 aromatic rings. The molecule has 1 N–H and O–H groups in total. The van der Waals surface area contributed by atoms with E-state index in [1.54, 1.807) is 11.8 Å². The van der Waals surface area contributed by atoms with Crippen LogP contribution in [0.4, 0.5) is 0 Å². The summed E-state index contributed by atoms with van der Waals surface area (Å²) in [6.07, 6.45) is 1.85. The van der Waals surface area contributed by atoms with E-state index in [4.69, 9.17) is 0 Å². The minimum absolute atomic E-state index is 0.0204. The third-order valence-corrected chi connectivity index (χ3v) is 5.89. The van der Waals surface area contributed by atoms with Crippen molar-refractivity contribution in [1.29, 1.82) is 0 Å². The van der Waals surface area contributed by atoms with Crippen LogP contribution in [0.1, 0.15) is 36.0 Å². The molecular weight excluding hydrogens is 348 g/mol. The average Bonchev–Trinajstić information content (AvgIpc) is 3.06. The van der Waals surface area contributed by atoms with Gasteiger partial charge in [0.2, 0.25) is 0 Å². The molecule has 0 spiro atoms. The third kappa shape index (κ3) is 4.61. The predicted molar refractivity (Wildman–Crippen MR) is 107 cm³/mol. The zero-order chi connectivity index (χ0) is 17.9. The van der Waals surface area contributed by atoms with Gasteiger partial charge in [0.15, 0.2) is 0 Å². The number of carbonyl (C=O) groups excluding carboxylic acids is 1. The van der Waals surface area contributed by atoms with Gasteiger partial charge >= 0.3 is 0 Å². The zero-order valence-electron chi connectivity index (χ0n) is 14.7. The first-order valence-electron chi connectivity index (χ1n) is 8.25. The highest BCUT2D eigenvalue weighted by Gasteiger charge is 2.17. The molecule has 130 valence electrons. The first kappa shape index (κ1) is 18.0. The molecule has 0 saturated carbocycles. The van der Waals surface area contributed by atoms with E-state index in [9.17, 15) is 4.79 Å². The molecule has 5 heteroatoms. The predicted octanol–water partition coefficient (Wildman–Crippen LogP) is 5.36. The summed E-state index contributed by atoms with van der Waals surface area (Å²) in [5.41, 5.74) is 2.33. The second-order valence-electron chi connectivity index (χ2n) is 7.13. The van der Waals surface area contributed by atoms with Gasteiger partial charge in [-0.05, 0) is 34.6 Å². The van der Waals surface area contributed by atoms with Crippen LogP contribution in [-0.4, -0.2) is 17.4 Å². The van der Waals surface area contributed by atoms with Crippen LogP contribution in [0.5, 0.6) is 0 Å². The number of nitrogens with zero attached hydrogens (tertiary/aromatic N) is 1. The maximum absolute atomic E-state index is 12.5. The molecule has 25 heavy (non-hydrogen) atoms. The summed E-state index contributed by atoms with van der Waals surface area (Å²) in [6.45, 7) is 7.02. The summed E-state index contributed by atoms with van der Waals surface area (Å²) in [4.78, 5) is 18.7. The second kappa shape index (κ2) is 7.58. The molecule has 0 atom stereocenters. The lowest BCUT2D eigenvalue weighted by Crippen LogP contribution is -2.32. The summed E-state index contributed by atoms with van der Waals surface area (Å²) in [7, 11) is 0. The van der Waals surface area contributed by atoms with Crippen molar-refractivity contribution in [3.05, 3.63) is 58.4 Å². The Morgan fingerprint density at radius 2 is 2.00 bits per heavy atom. The van der Waals surface area contributed by atoms with Crippen LogP contribution in [0.15, 0.2) is 52.9 Å². The summed E-state index contributed by atoms with van der Waals surface area (Å²) in [5.74, 6) is 0.839. The number of benzene rings is 1. The molecule has 0 radical (unpaired) electrons. The van der Waals surface area contributed by atoms with Gasteiger partial charge in [0.1, 0.15) is 4.88 Å². The van der Waals surface area contributed by atoms with Crippen LogP contribution in [0, 0.1) is 5.41 Å². The van der Waals surface area contributed by atoms with E-state index in [-0.39, 0.29) is 11.3 Å². The van der Waals surface area contributed by atoms with Crippen LogP contribution in [0.3, 0.4) is 0 Å². The van der Waals surface area contributed by atoms with Gasteiger partial charge in [-0.1, -0.05) is 39.0 Å². The highest BCUT2D eigenvalue weighted by Crippen LogP contribution is 2.32.